The molecule has 2 unspecified atom stereocenters. The van der Waals surface area contributed by atoms with Gasteiger partial charge in [-0.05, 0) is 49.5 Å². The number of benzene rings is 1. The van der Waals surface area contributed by atoms with E-state index in [0.717, 1.165) is 12.8 Å². The maximum atomic E-state index is 5.78. The third kappa shape index (κ3) is 3.08. The molecule has 2 nitrogen and oxygen atoms in total. The maximum absolute atomic E-state index is 5.78. The van der Waals surface area contributed by atoms with Gasteiger partial charge in [-0.3, -0.25) is 11.3 Å². The number of nitrogens with two attached hydrogens (primary N) is 1. The fourth-order valence-electron chi connectivity index (χ4n) is 2.67. The maximum Gasteiger partial charge on any atom is 0.0395 e. The Morgan fingerprint density at radius 3 is 2.50 bits per heavy atom. The number of hydrogen-bond acceptors (Lipinski definition) is 3. The average Bonchev–Trinajstić information content (AvgIpc) is 2.84. The zero-order valence-electron chi connectivity index (χ0n) is 11.4. The van der Waals surface area contributed by atoms with Crippen molar-refractivity contribution < 1.29 is 0 Å². The number of aryl methyl sites for hydroxylation is 1. The van der Waals surface area contributed by atoms with E-state index in [1.54, 1.807) is 0 Å². The summed E-state index contributed by atoms with van der Waals surface area (Å²) in [6.45, 7) is 4.53. The van der Waals surface area contributed by atoms with E-state index in [-0.39, 0.29) is 4.75 Å². The van der Waals surface area contributed by atoms with E-state index < -0.39 is 0 Å². The smallest absolute Gasteiger partial charge is 0.0395 e. The topological polar surface area (TPSA) is 38.0 Å². The molecule has 2 atom stereocenters. The molecule has 0 aromatic heterocycles. The van der Waals surface area contributed by atoms with E-state index in [0.29, 0.717) is 6.04 Å². The Labute approximate surface area is 115 Å². The molecular formula is C15H24N2S. The normalized spacial score (nSPS) is 25.3. The van der Waals surface area contributed by atoms with Gasteiger partial charge in [-0.25, -0.2) is 0 Å². The Morgan fingerprint density at radius 1 is 1.33 bits per heavy atom. The minimum atomic E-state index is 0.290. The summed E-state index contributed by atoms with van der Waals surface area (Å²) in [4.78, 5) is 0. The second kappa shape index (κ2) is 6.09. The van der Waals surface area contributed by atoms with E-state index in [2.05, 4.69) is 55.3 Å². The second-order valence-electron chi connectivity index (χ2n) is 5.36. The van der Waals surface area contributed by atoms with E-state index in [4.69, 9.17) is 5.84 Å². The van der Waals surface area contributed by atoms with Gasteiger partial charge in [-0.15, -0.1) is 0 Å². The molecule has 0 amide bonds. The van der Waals surface area contributed by atoms with Gasteiger partial charge in [0, 0.05) is 10.8 Å². The van der Waals surface area contributed by atoms with Gasteiger partial charge in [-0.1, -0.05) is 31.2 Å². The lowest BCUT2D eigenvalue weighted by molar-refractivity contribution is 0.405. The highest BCUT2D eigenvalue weighted by atomic mass is 32.2. The van der Waals surface area contributed by atoms with E-state index in [1.165, 1.54) is 29.7 Å². The van der Waals surface area contributed by atoms with Crippen LogP contribution in [0.15, 0.2) is 24.3 Å². The van der Waals surface area contributed by atoms with Crippen molar-refractivity contribution in [3.63, 3.8) is 0 Å². The van der Waals surface area contributed by atoms with Crippen LogP contribution in [-0.2, 0) is 12.8 Å². The number of hydrazine groups is 1. The summed E-state index contributed by atoms with van der Waals surface area (Å²) in [5, 5.41) is 0. The first kappa shape index (κ1) is 13.9. The predicted molar refractivity (Wildman–Crippen MR) is 80.7 cm³/mol. The molecule has 0 radical (unpaired) electrons. The summed E-state index contributed by atoms with van der Waals surface area (Å²) in [6, 6.07) is 9.30. The summed E-state index contributed by atoms with van der Waals surface area (Å²) in [6.07, 6.45) is 4.70. The molecule has 3 heteroatoms. The Morgan fingerprint density at radius 2 is 2.00 bits per heavy atom. The Hall–Kier alpha value is -0.510. The number of hydrogen-bond donors (Lipinski definition) is 2. The summed E-state index contributed by atoms with van der Waals surface area (Å²) >= 11 is 2.06. The van der Waals surface area contributed by atoms with Crippen LogP contribution in [0.1, 0.15) is 37.8 Å². The van der Waals surface area contributed by atoms with Gasteiger partial charge in [0.2, 0.25) is 0 Å². The zero-order chi connectivity index (χ0) is 13.0. The largest absolute Gasteiger partial charge is 0.271 e. The zero-order valence-corrected chi connectivity index (χ0v) is 12.2. The standard InChI is InChI=1S/C15H24N2S/c1-3-12-5-7-13(8-6-12)11-14(17-16)15(2)9-4-10-18-15/h5-8,14,17H,3-4,9-11,16H2,1-2H3. The van der Waals surface area contributed by atoms with Gasteiger partial charge in [0.25, 0.3) is 0 Å². The molecule has 0 bridgehead atoms. The fraction of sp³-hybridized carbons (Fsp3) is 0.600. The molecule has 18 heavy (non-hydrogen) atoms. The van der Waals surface area contributed by atoms with Crippen LogP contribution in [-0.4, -0.2) is 16.5 Å². The molecule has 1 fully saturated rings. The minimum Gasteiger partial charge on any atom is -0.271 e. The summed E-state index contributed by atoms with van der Waals surface area (Å²) in [5.41, 5.74) is 5.82. The highest BCUT2D eigenvalue weighted by Gasteiger charge is 2.37. The van der Waals surface area contributed by atoms with Gasteiger partial charge in [-0.2, -0.15) is 11.8 Å². The van der Waals surface area contributed by atoms with Crippen molar-refractivity contribution in [1.29, 1.82) is 0 Å². The quantitative estimate of drug-likeness (QED) is 0.634. The van der Waals surface area contributed by atoms with Crippen LogP contribution in [0.25, 0.3) is 0 Å². The third-order valence-electron chi connectivity index (χ3n) is 4.06. The molecule has 3 N–H and O–H groups in total. The van der Waals surface area contributed by atoms with Crippen molar-refractivity contribution in [2.45, 2.75) is 50.3 Å². The number of thioether (sulfide) groups is 1. The lowest BCUT2D eigenvalue weighted by Gasteiger charge is -2.33. The molecule has 1 heterocycles. The highest BCUT2D eigenvalue weighted by molar-refractivity contribution is 8.00. The predicted octanol–water partition coefficient (Wildman–Crippen LogP) is 2.91. The molecule has 0 aliphatic carbocycles. The third-order valence-corrected chi connectivity index (χ3v) is 5.70. The van der Waals surface area contributed by atoms with Crippen molar-refractivity contribution in [3.05, 3.63) is 35.4 Å². The summed E-state index contributed by atoms with van der Waals surface area (Å²) in [5.74, 6) is 7.05. The van der Waals surface area contributed by atoms with Crippen molar-refractivity contribution in [2.75, 3.05) is 5.75 Å². The molecule has 1 aliphatic rings. The van der Waals surface area contributed by atoms with Crippen molar-refractivity contribution >= 4 is 11.8 Å². The Bertz CT molecular complexity index is 369. The molecule has 0 spiro atoms. The van der Waals surface area contributed by atoms with Crippen molar-refractivity contribution in [2.24, 2.45) is 5.84 Å². The van der Waals surface area contributed by atoms with Crippen LogP contribution in [0.3, 0.4) is 0 Å². The van der Waals surface area contributed by atoms with Crippen LogP contribution in [0, 0.1) is 0 Å². The summed E-state index contributed by atoms with van der Waals surface area (Å²) < 4.78 is 0.290. The van der Waals surface area contributed by atoms with Gasteiger partial charge in [0.15, 0.2) is 0 Å². The highest BCUT2D eigenvalue weighted by Crippen LogP contribution is 2.41. The molecule has 0 saturated carbocycles. The monoisotopic (exact) mass is 264 g/mol. The minimum absolute atomic E-state index is 0.290. The molecule has 1 aromatic carbocycles. The van der Waals surface area contributed by atoms with Gasteiger partial charge in [0.1, 0.15) is 0 Å². The van der Waals surface area contributed by atoms with E-state index in [1.807, 2.05) is 0 Å². The molecular weight excluding hydrogens is 240 g/mol. The van der Waals surface area contributed by atoms with Gasteiger partial charge < -0.3 is 0 Å². The fourth-order valence-corrected chi connectivity index (χ4v) is 4.07. The van der Waals surface area contributed by atoms with E-state index in [9.17, 15) is 0 Å². The SMILES string of the molecule is CCc1ccc(CC(NN)C2(C)CCCS2)cc1. The van der Waals surface area contributed by atoms with Crippen LogP contribution >= 0.6 is 11.8 Å². The Kier molecular flexibility index (Phi) is 4.71. The molecule has 100 valence electrons. The van der Waals surface area contributed by atoms with Crippen LogP contribution in [0.5, 0.6) is 0 Å². The second-order valence-corrected chi connectivity index (χ2v) is 6.99. The van der Waals surface area contributed by atoms with Crippen molar-refractivity contribution in [3.8, 4) is 0 Å². The van der Waals surface area contributed by atoms with Crippen LogP contribution < -0.4 is 11.3 Å². The van der Waals surface area contributed by atoms with Crippen LogP contribution in [0.2, 0.25) is 0 Å². The lowest BCUT2D eigenvalue weighted by Crippen LogP contribution is -2.49. The number of nitrogens with one attached hydrogen (secondary N) is 1. The average molecular weight is 264 g/mol. The van der Waals surface area contributed by atoms with Crippen LogP contribution in [0.4, 0.5) is 0 Å². The molecule has 2 rings (SSSR count). The van der Waals surface area contributed by atoms with E-state index >= 15 is 0 Å². The molecule has 1 aliphatic heterocycles. The van der Waals surface area contributed by atoms with Gasteiger partial charge in [0.05, 0.1) is 0 Å². The molecule has 1 saturated heterocycles. The van der Waals surface area contributed by atoms with Crippen molar-refractivity contribution in [1.82, 2.24) is 5.43 Å². The first-order valence-electron chi connectivity index (χ1n) is 6.86. The Balaban J connectivity index is 2.05. The number of rotatable bonds is 5. The lowest BCUT2D eigenvalue weighted by atomic mass is 9.91. The first-order valence-corrected chi connectivity index (χ1v) is 7.84. The first-order chi connectivity index (χ1) is 8.68. The molecule has 1 aromatic rings. The van der Waals surface area contributed by atoms with Gasteiger partial charge >= 0.3 is 0 Å². The summed E-state index contributed by atoms with van der Waals surface area (Å²) in [7, 11) is 0.